The molecular weight excluding hydrogens is 164 g/mol. The number of carbonyl (C=O) groups is 1. The Morgan fingerprint density at radius 3 is 2.31 bits per heavy atom. The molecule has 0 spiro atoms. The molecule has 0 heterocycles. The summed E-state index contributed by atoms with van der Waals surface area (Å²) in [6, 6.07) is 0. The second-order valence-electron chi connectivity index (χ2n) is 5.29. The molecule has 1 saturated carbocycles. The van der Waals surface area contributed by atoms with E-state index in [1.165, 1.54) is 0 Å². The van der Waals surface area contributed by atoms with Gasteiger partial charge in [-0.3, -0.25) is 4.79 Å². The normalized spacial score (nSPS) is 37.7. The Kier molecular flexibility index (Phi) is 2.44. The van der Waals surface area contributed by atoms with Crippen molar-refractivity contribution in [3.8, 4) is 0 Å². The van der Waals surface area contributed by atoms with Crippen LogP contribution >= 0.6 is 0 Å². The van der Waals surface area contributed by atoms with Gasteiger partial charge in [0, 0.05) is 0 Å². The molecule has 0 aliphatic heterocycles. The third-order valence-corrected chi connectivity index (χ3v) is 4.46. The highest BCUT2D eigenvalue weighted by Crippen LogP contribution is 2.57. The van der Waals surface area contributed by atoms with Crippen LogP contribution in [-0.4, -0.2) is 11.1 Å². The van der Waals surface area contributed by atoms with Gasteiger partial charge in [-0.2, -0.15) is 0 Å². The van der Waals surface area contributed by atoms with E-state index in [4.69, 9.17) is 5.11 Å². The smallest absolute Gasteiger partial charge is 0.303 e. The van der Waals surface area contributed by atoms with E-state index in [1.807, 2.05) is 0 Å². The lowest BCUT2D eigenvalue weighted by Gasteiger charge is -2.40. The van der Waals surface area contributed by atoms with Crippen LogP contribution in [0.3, 0.4) is 0 Å². The molecule has 2 nitrogen and oxygen atoms in total. The molecule has 0 aromatic carbocycles. The third kappa shape index (κ3) is 1.59. The summed E-state index contributed by atoms with van der Waals surface area (Å²) < 4.78 is 0. The van der Waals surface area contributed by atoms with Crippen LogP contribution in [0.15, 0.2) is 0 Å². The van der Waals surface area contributed by atoms with Crippen LogP contribution in [0.1, 0.15) is 47.0 Å². The molecule has 2 heteroatoms. The van der Waals surface area contributed by atoms with Crippen molar-refractivity contribution in [3.63, 3.8) is 0 Å². The zero-order valence-electron chi connectivity index (χ0n) is 9.05. The van der Waals surface area contributed by atoms with Gasteiger partial charge in [0.2, 0.25) is 0 Å². The number of carboxylic acids is 1. The summed E-state index contributed by atoms with van der Waals surface area (Å²) in [4.78, 5) is 10.8. The summed E-state index contributed by atoms with van der Waals surface area (Å²) in [7, 11) is 0. The van der Waals surface area contributed by atoms with E-state index in [1.54, 1.807) is 0 Å². The summed E-state index contributed by atoms with van der Waals surface area (Å²) in [5, 5.41) is 8.86. The van der Waals surface area contributed by atoms with Gasteiger partial charge >= 0.3 is 5.97 Å². The first-order chi connectivity index (χ1) is 5.79. The number of aliphatic carboxylic acids is 1. The topological polar surface area (TPSA) is 37.3 Å². The highest BCUT2D eigenvalue weighted by molar-refractivity contribution is 5.67. The minimum Gasteiger partial charge on any atom is -0.481 e. The molecule has 0 bridgehead atoms. The van der Waals surface area contributed by atoms with Crippen molar-refractivity contribution in [1.82, 2.24) is 0 Å². The molecule has 1 aliphatic rings. The molecule has 0 radical (unpaired) electrons. The molecule has 13 heavy (non-hydrogen) atoms. The van der Waals surface area contributed by atoms with Gasteiger partial charge in [-0.25, -0.2) is 0 Å². The fraction of sp³-hybridized carbons (Fsp3) is 0.909. The van der Waals surface area contributed by atoms with Crippen LogP contribution in [0.25, 0.3) is 0 Å². The first kappa shape index (κ1) is 10.6. The Labute approximate surface area is 80.3 Å². The van der Waals surface area contributed by atoms with Gasteiger partial charge in [-0.05, 0) is 29.6 Å². The predicted octanol–water partition coefficient (Wildman–Crippen LogP) is 2.92. The maximum atomic E-state index is 10.8. The molecule has 0 aromatic heterocycles. The molecular formula is C11H20O2. The van der Waals surface area contributed by atoms with Gasteiger partial charge in [-0.1, -0.05) is 27.7 Å². The van der Waals surface area contributed by atoms with Crippen molar-refractivity contribution in [2.45, 2.75) is 47.0 Å². The van der Waals surface area contributed by atoms with E-state index >= 15 is 0 Å². The van der Waals surface area contributed by atoms with Gasteiger partial charge < -0.3 is 5.11 Å². The van der Waals surface area contributed by atoms with Crippen LogP contribution in [0.5, 0.6) is 0 Å². The van der Waals surface area contributed by atoms with Crippen LogP contribution in [-0.2, 0) is 4.79 Å². The lowest BCUT2D eigenvalue weighted by atomic mass is 9.64. The largest absolute Gasteiger partial charge is 0.481 e. The van der Waals surface area contributed by atoms with Gasteiger partial charge in [0.25, 0.3) is 0 Å². The maximum absolute atomic E-state index is 10.8. The SMILES string of the molecule is CC1CCC(C)(CC(=O)O)C1(C)C. The van der Waals surface area contributed by atoms with Crippen molar-refractivity contribution >= 4 is 5.97 Å². The summed E-state index contributed by atoms with van der Waals surface area (Å²) >= 11 is 0. The molecule has 2 atom stereocenters. The summed E-state index contributed by atoms with van der Waals surface area (Å²) in [5.74, 6) is -0.0264. The van der Waals surface area contributed by atoms with E-state index in [2.05, 4.69) is 27.7 Å². The van der Waals surface area contributed by atoms with Crippen molar-refractivity contribution in [2.24, 2.45) is 16.7 Å². The zero-order valence-corrected chi connectivity index (χ0v) is 9.05. The Morgan fingerprint density at radius 1 is 1.46 bits per heavy atom. The highest BCUT2D eigenvalue weighted by atomic mass is 16.4. The molecule has 2 unspecified atom stereocenters. The Balaban J connectivity index is 2.85. The average Bonchev–Trinajstić information content (AvgIpc) is 2.13. The van der Waals surface area contributed by atoms with Crippen LogP contribution in [0.2, 0.25) is 0 Å². The Hall–Kier alpha value is -0.530. The predicted molar refractivity (Wildman–Crippen MR) is 52.5 cm³/mol. The highest BCUT2D eigenvalue weighted by Gasteiger charge is 2.50. The molecule has 1 aliphatic carbocycles. The molecule has 1 fully saturated rings. The second kappa shape index (κ2) is 3.00. The van der Waals surface area contributed by atoms with Crippen molar-refractivity contribution in [1.29, 1.82) is 0 Å². The van der Waals surface area contributed by atoms with Crippen molar-refractivity contribution in [2.75, 3.05) is 0 Å². The average molecular weight is 184 g/mol. The van der Waals surface area contributed by atoms with Gasteiger partial charge in [-0.15, -0.1) is 0 Å². The molecule has 76 valence electrons. The lowest BCUT2D eigenvalue weighted by molar-refractivity contribution is -0.141. The summed E-state index contributed by atoms with van der Waals surface area (Å²) in [6.07, 6.45) is 2.52. The monoisotopic (exact) mass is 184 g/mol. The number of hydrogen-bond acceptors (Lipinski definition) is 1. The first-order valence-electron chi connectivity index (χ1n) is 5.01. The fourth-order valence-corrected chi connectivity index (χ4v) is 2.46. The van der Waals surface area contributed by atoms with Crippen molar-refractivity contribution in [3.05, 3.63) is 0 Å². The maximum Gasteiger partial charge on any atom is 0.303 e. The summed E-state index contributed by atoms with van der Waals surface area (Å²) in [5.41, 5.74) is 0.143. The van der Waals surface area contributed by atoms with E-state index in [0.717, 1.165) is 12.8 Å². The number of rotatable bonds is 2. The molecule has 0 saturated heterocycles. The van der Waals surface area contributed by atoms with Gasteiger partial charge in [0.15, 0.2) is 0 Å². The Bertz CT molecular complexity index is 220. The third-order valence-electron chi connectivity index (χ3n) is 4.46. The van der Waals surface area contributed by atoms with Crippen LogP contribution in [0.4, 0.5) is 0 Å². The minimum absolute atomic E-state index is 0.0156. The molecule has 1 N–H and O–H groups in total. The fourth-order valence-electron chi connectivity index (χ4n) is 2.46. The van der Waals surface area contributed by atoms with Gasteiger partial charge in [0.05, 0.1) is 6.42 Å². The van der Waals surface area contributed by atoms with E-state index in [-0.39, 0.29) is 10.8 Å². The minimum atomic E-state index is -0.662. The standard InChI is InChI=1S/C11H20O2/c1-8-5-6-11(4,7-9(12)13)10(8,2)3/h8H,5-7H2,1-4H3,(H,12,13). The Morgan fingerprint density at radius 2 is 2.00 bits per heavy atom. The van der Waals surface area contributed by atoms with E-state index in [9.17, 15) is 4.79 Å². The van der Waals surface area contributed by atoms with E-state index in [0.29, 0.717) is 12.3 Å². The lowest BCUT2D eigenvalue weighted by Crippen LogP contribution is -2.35. The van der Waals surface area contributed by atoms with Crippen LogP contribution < -0.4 is 0 Å². The first-order valence-corrected chi connectivity index (χ1v) is 5.01. The van der Waals surface area contributed by atoms with E-state index < -0.39 is 5.97 Å². The van der Waals surface area contributed by atoms with Crippen molar-refractivity contribution < 1.29 is 9.90 Å². The molecule has 1 rings (SSSR count). The number of carboxylic acid groups (broad SMARTS) is 1. The van der Waals surface area contributed by atoms with Gasteiger partial charge in [0.1, 0.15) is 0 Å². The second-order valence-corrected chi connectivity index (χ2v) is 5.29. The quantitative estimate of drug-likeness (QED) is 0.716. The molecule has 0 aromatic rings. The zero-order chi connectivity index (χ0) is 10.3. The molecule has 0 amide bonds. The van der Waals surface area contributed by atoms with Crippen LogP contribution in [0, 0.1) is 16.7 Å². The summed E-state index contributed by atoms with van der Waals surface area (Å²) in [6.45, 7) is 8.75. The number of hydrogen-bond donors (Lipinski definition) is 1.